The fraction of sp³-hybridized carbons (Fsp3) is 0.125. The highest BCUT2D eigenvalue weighted by atomic mass is 28.3. The molecular weight excluding hydrogens is 346 g/mol. The van der Waals surface area contributed by atoms with Gasteiger partial charge in [-0.25, -0.2) is 0 Å². The minimum atomic E-state index is -1.92. The molecule has 4 rings (SSSR count). The van der Waals surface area contributed by atoms with Crippen LogP contribution < -0.4 is 10.6 Å². The molecule has 1 aromatic heterocycles. The molecule has 0 spiro atoms. The van der Waals surface area contributed by atoms with Crippen LogP contribution in [-0.4, -0.2) is 12.6 Å². The number of fused-ring (bicyclic) bond motifs is 1. The number of aromatic nitrogens is 1. The van der Waals surface area contributed by atoms with Gasteiger partial charge in [0.2, 0.25) is 0 Å². The van der Waals surface area contributed by atoms with Crippen molar-refractivity contribution in [3.8, 4) is 16.9 Å². The van der Waals surface area contributed by atoms with Gasteiger partial charge in [-0.15, -0.1) is 0 Å². The molecule has 4 aromatic rings. The van der Waals surface area contributed by atoms with Gasteiger partial charge in [-0.2, -0.15) is 0 Å². The summed E-state index contributed by atoms with van der Waals surface area (Å²) in [5.41, 5.74) is 4.32. The molecule has 0 bridgehead atoms. The van der Waals surface area contributed by atoms with E-state index in [1.54, 1.807) is 0 Å². The minimum absolute atomic E-state index is 0.177. The predicted molar refractivity (Wildman–Crippen MR) is 118 cm³/mol. The van der Waals surface area contributed by atoms with E-state index in [2.05, 4.69) is 48.5 Å². The fourth-order valence-corrected chi connectivity index (χ4v) is 5.53. The Labute approximate surface area is 160 Å². The largest absolute Gasteiger partial charge is 0.309 e. The van der Waals surface area contributed by atoms with Crippen LogP contribution in [0, 0.1) is 0 Å². The molecule has 0 atom stereocenters. The van der Waals surface area contributed by atoms with Gasteiger partial charge in [-0.1, -0.05) is 80.3 Å². The Bertz CT molecular complexity index is 1160. The Morgan fingerprint density at radius 3 is 1.89 bits per heavy atom. The number of nitrogens with zero attached hydrogens (tertiary/aromatic N) is 1. The topological polar surface area (TPSA) is 22.0 Å². The van der Waals surface area contributed by atoms with Crippen molar-refractivity contribution in [3.63, 3.8) is 0 Å². The molecular formula is C24H23NOSi. The lowest BCUT2D eigenvalue weighted by Crippen LogP contribution is -2.49. The molecule has 3 aromatic carbocycles. The lowest BCUT2D eigenvalue weighted by Gasteiger charge is -2.26. The third-order valence-corrected chi connectivity index (χ3v) is 6.85. The summed E-state index contributed by atoms with van der Waals surface area (Å²) in [6.07, 6.45) is 0. The van der Waals surface area contributed by atoms with E-state index in [1.165, 1.54) is 0 Å². The molecule has 0 aliphatic rings. The first-order valence-electron chi connectivity index (χ1n) is 9.27. The smallest absolute Gasteiger partial charge is 0.189 e. The second kappa shape index (κ2) is 6.67. The summed E-state index contributed by atoms with van der Waals surface area (Å²) in [4.78, 5) is 13.6. The Morgan fingerprint density at radius 2 is 1.26 bits per heavy atom. The van der Waals surface area contributed by atoms with Gasteiger partial charge in [0.25, 0.3) is 0 Å². The first-order valence-corrected chi connectivity index (χ1v) is 12.8. The first kappa shape index (κ1) is 17.5. The average Bonchev–Trinajstić information content (AvgIpc) is 2.68. The van der Waals surface area contributed by atoms with Crippen LogP contribution in [0.5, 0.6) is 0 Å². The Hall–Kier alpha value is -2.91. The molecule has 0 N–H and O–H groups in total. The van der Waals surface area contributed by atoms with Gasteiger partial charge >= 0.3 is 0 Å². The maximum Gasteiger partial charge on any atom is 0.189 e. The summed E-state index contributed by atoms with van der Waals surface area (Å²) in [6, 6.07) is 28.6. The van der Waals surface area contributed by atoms with E-state index in [0.29, 0.717) is 0 Å². The second-order valence-electron chi connectivity index (χ2n) is 7.86. The molecule has 0 unspecified atom stereocenters. The highest BCUT2D eigenvalue weighted by molar-refractivity contribution is 6.89. The zero-order valence-corrected chi connectivity index (χ0v) is 16.9. The number of para-hydroxylation sites is 2. The van der Waals surface area contributed by atoms with E-state index in [-0.39, 0.29) is 5.43 Å². The van der Waals surface area contributed by atoms with Crippen molar-refractivity contribution < 1.29 is 0 Å². The summed E-state index contributed by atoms with van der Waals surface area (Å²) in [5, 5.41) is 1.77. The van der Waals surface area contributed by atoms with E-state index in [0.717, 1.165) is 33.0 Å². The maximum atomic E-state index is 13.6. The molecule has 0 saturated heterocycles. The van der Waals surface area contributed by atoms with Gasteiger partial charge in [0.05, 0.1) is 19.3 Å². The number of hydrogen-bond acceptors (Lipinski definition) is 1. The van der Waals surface area contributed by atoms with Crippen molar-refractivity contribution >= 4 is 24.2 Å². The van der Waals surface area contributed by atoms with Crippen LogP contribution in [0.3, 0.4) is 0 Å². The summed E-state index contributed by atoms with van der Waals surface area (Å²) in [7, 11) is -1.92. The third-order valence-electron chi connectivity index (χ3n) is 4.89. The molecule has 134 valence electrons. The number of hydrogen-bond donors (Lipinski definition) is 0. The SMILES string of the molecule is C[Si](C)(C)c1c(-c2ccccc2)n(-c2ccccc2)c2ccccc2c1=O. The zero-order chi connectivity index (χ0) is 19.0. The normalized spacial score (nSPS) is 11.7. The molecule has 3 heteroatoms. The summed E-state index contributed by atoms with van der Waals surface area (Å²) in [5.74, 6) is 0. The van der Waals surface area contributed by atoms with Crippen molar-refractivity contribution in [1.29, 1.82) is 0 Å². The van der Waals surface area contributed by atoms with E-state index in [9.17, 15) is 4.79 Å². The van der Waals surface area contributed by atoms with Crippen molar-refractivity contribution in [2.45, 2.75) is 19.6 Å². The molecule has 0 radical (unpaired) electrons. The van der Waals surface area contributed by atoms with Crippen LogP contribution in [-0.2, 0) is 0 Å². The lowest BCUT2D eigenvalue weighted by atomic mass is 10.1. The first-order chi connectivity index (χ1) is 13.0. The van der Waals surface area contributed by atoms with Crippen LogP contribution in [0.1, 0.15) is 0 Å². The van der Waals surface area contributed by atoms with E-state index >= 15 is 0 Å². The lowest BCUT2D eigenvalue weighted by molar-refractivity contribution is 1.11. The van der Waals surface area contributed by atoms with Crippen molar-refractivity contribution in [1.82, 2.24) is 4.57 Å². The Kier molecular flexibility index (Phi) is 4.32. The molecule has 0 aliphatic carbocycles. The van der Waals surface area contributed by atoms with Crippen LogP contribution >= 0.6 is 0 Å². The maximum absolute atomic E-state index is 13.6. The third kappa shape index (κ3) is 3.04. The van der Waals surface area contributed by atoms with Crippen LogP contribution in [0.15, 0.2) is 89.7 Å². The number of benzene rings is 3. The van der Waals surface area contributed by atoms with Crippen molar-refractivity contribution in [2.24, 2.45) is 0 Å². The molecule has 0 aliphatic heterocycles. The minimum Gasteiger partial charge on any atom is -0.309 e. The summed E-state index contributed by atoms with van der Waals surface area (Å²) >= 11 is 0. The van der Waals surface area contributed by atoms with Crippen molar-refractivity contribution in [3.05, 3.63) is 95.2 Å². The molecule has 0 saturated carbocycles. The van der Waals surface area contributed by atoms with Gasteiger partial charge in [0.15, 0.2) is 5.43 Å². The molecule has 0 amide bonds. The van der Waals surface area contributed by atoms with Gasteiger partial charge in [0, 0.05) is 16.3 Å². The Morgan fingerprint density at radius 1 is 0.704 bits per heavy atom. The van der Waals surface area contributed by atoms with Gasteiger partial charge in [-0.3, -0.25) is 4.79 Å². The van der Waals surface area contributed by atoms with Gasteiger partial charge in [0.1, 0.15) is 0 Å². The summed E-state index contributed by atoms with van der Waals surface area (Å²) in [6.45, 7) is 6.75. The van der Waals surface area contributed by atoms with Crippen LogP contribution in [0.4, 0.5) is 0 Å². The fourth-order valence-electron chi connectivity index (χ4n) is 3.75. The van der Waals surface area contributed by atoms with Gasteiger partial charge in [-0.05, 0) is 29.8 Å². The molecule has 1 heterocycles. The highest BCUT2D eigenvalue weighted by Crippen LogP contribution is 2.27. The molecule has 0 fully saturated rings. The van der Waals surface area contributed by atoms with Crippen LogP contribution in [0.2, 0.25) is 19.6 Å². The van der Waals surface area contributed by atoms with E-state index in [1.807, 2.05) is 60.7 Å². The predicted octanol–water partition coefficient (Wildman–Crippen LogP) is 5.20. The summed E-state index contributed by atoms with van der Waals surface area (Å²) < 4.78 is 2.26. The standard InChI is InChI=1S/C24H23NOSi/c1-27(2,3)24-22(18-12-6-4-7-13-18)25(19-14-8-5-9-15-19)21-17-11-10-16-20(21)23(24)26/h4-17H,1-3H3. The van der Waals surface area contributed by atoms with E-state index < -0.39 is 8.07 Å². The van der Waals surface area contributed by atoms with Crippen molar-refractivity contribution in [2.75, 3.05) is 0 Å². The number of rotatable bonds is 3. The van der Waals surface area contributed by atoms with Gasteiger partial charge < -0.3 is 4.57 Å². The molecule has 27 heavy (non-hydrogen) atoms. The van der Waals surface area contributed by atoms with Crippen LogP contribution in [0.25, 0.3) is 27.8 Å². The van der Waals surface area contributed by atoms with E-state index in [4.69, 9.17) is 0 Å². The Balaban J connectivity index is 2.29. The number of pyridine rings is 1. The average molecular weight is 370 g/mol. The second-order valence-corrected chi connectivity index (χ2v) is 12.9. The quantitative estimate of drug-likeness (QED) is 0.455. The monoisotopic (exact) mass is 369 g/mol. The molecule has 2 nitrogen and oxygen atoms in total. The zero-order valence-electron chi connectivity index (χ0n) is 15.9. The highest BCUT2D eigenvalue weighted by Gasteiger charge is 2.28.